The van der Waals surface area contributed by atoms with Crippen LogP contribution in [0.3, 0.4) is 0 Å². The highest BCUT2D eigenvalue weighted by Gasteiger charge is 2.41. The summed E-state index contributed by atoms with van der Waals surface area (Å²) in [4.78, 5) is 2.45. The van der Waals surface area contributed by atoms with Crippen molar-refractivity contribution in [1.29, 1.82) is 0 Å². The van der Waals surface area contributed by atoms with Gasteiger partial charge in [0.2, 0.25) is 0 Å². The maximum atomic E-state index is 2.45. The highest BCUT2D eigenvalue weighted by atomic mass is 15.1. The molecule has 69 heavy (non-hydrogen) atoms. The molecule has 0 saturated carbocycles. The van der Waals surface area contributed by atoms with Crippen molar-refractivity contribution in [3.63, 3.8) is 0 Å². The van der Waals surface area contributed by atoms with Gasteiger partial charge in [-0.15, -0.1) is 0 Å². The zero-order chi connectivity index (χ0) is 45.9. The Morgan fingerprint density at radius 3 is 1.55 bits per heavy atom. The lowest BCUT2D eigenvalue weighted by Crippen LogP contribution is -2.22. The Morgan fingerprint density at radius 1 is 0.275 bits per heavy atom. The fraction of sp³-hybridized carbons (Fsp3) is 0.0294. The predicted molar refractivity (Wildman–Crippen MR) is 293 cm³/mol. The van der Waals surface area contributed by atoms with Gasteiger partial charge >= 0.3 is 0 Å². The summed E-state index contributed by atoms with van der Waals surface area (Å²) in [6, 6.07) is 98.4. The first-order chi connectivity index (χ1) is 34.1. The fourth-order valence-corrected chi connectivity index (χ4v) is 11.4. The number of benzene rings is 12. The van der Waals surface area contributed by atoms with Crippen LogP contribution in [0.5, 0.6) is 0 Å². The van der Waals surface area contributed by atoms with Crippen LogP contribution in [0.15, 0.2) is 267 Å². The minimum atomic E-state index is -0.334. The molecule has 1 atom stereocenters. The SMILES string of the molecule is CC1(c2ccccc2)c2ccccc2-c2ccc(N(c3ccc(-c4cccc5ccccc45)cc3)c3cccc(-c4ccc5c(c4)c(-c4ccccc4)c(-c4ccccc4)c4ccccc45)c3)cc21. The fourth-order valence-electron chi connectivity index (χ4n) is 11.4. The maximum Gasteiger partial charge on any atom is 0.0467 e. The molecule has 0 aromatic heterocycles. The van der Waals surface area contributed by atoms with Crippen LogP contribution in [0.2, 0.25) is 0 Å². The van der Waals surface area contributed by atoms with E-state index in [1.807, 2.05) is 0 Å². The van der Waals surface area contributed by atoms with Crippen LogP contribution in [0, 0.1) is 0 Å². The molecule has 13 rings (SSSR count). The Hall–Kier alpha value is -8.78. The zero-order valence-corrected chi connectivity index (χ0v) is 38.4. The van der Waals surface area contributed by atoms with Crippen molar-refractivity contribution in [2.75, 3.05) is 4.90 Å². The Balaban J connectivity index is 1.00. The molecule has 324 valence electrons. The van der Waals surface area contributed by atoms with E-state index < -0.39 is 0 Å². The third kappa shape index (κ3) is 6.69. The van der Waals surface area contributed by atoms with Gasteiger partial charge in [0.15, 0.2) is 0 Å². The lowest BCUT2D eigenvalue weighted by Gasteiger charge is -2.31. The van der Waals surface area contributed by atoms with E-state index in [9.17, 15) is 0 Å². The van der Waals surface area contributed by atoms with E-state index in [-0.39, 0.29) is 5.41 Å². The van der Waals surface area contributed by atoms with Crippen LogP contribution in [0.4, 0.5) is 17.1 Å². The lowest BCUT2D eigenvalue weighted by atomic mass is 9.74. The molecule has 0 radical (unpaired) electrons. The first-order valence-electron chi connectivity index (χ1n) is 24.0. The maximum absolute atomic E-state index is 2.45. The Morgan fingerprint density at radius 2 is 0.783 bits per heavy atom. The van der Waals surface area contributed by atoms with Crippen molar-refractivity contribution in [2.24, 2.45) is 0 Å². The largest absolute Gasteiger partial charge is 0.310 e. The highest BCUT2D eigenvalue weighted by Crippen LogP contribution is 2.54. The zero-order valence-electron chi connectivity index (χ0n) is 38.4. The molecule has 1 heteroatoms. The molecular formula is C68H47N. The summed E-state index contributed by atoms with van der Waals surface area (Å²) >= 11 is 0. The third-order valence-electron chi connectivity index (χ3n) is 14.7. The average Bonchev–Trinajstić information content (AvgIpc) is 3.69. The summed E-state index contributed by atoms with van der Waals surface area (Å²) in [5, 5.41) is 7.49. The van der Waals surface area contributed by atoms with Gasteiger partial charge in [-0.25, -0.2) is 0 Å². The van der Waals surface area contributed by atoms with Gasteiger partial charge in [-0.05, 0) is 154 Å². The van der Waals surface area contributed by atoms with Crippen LogP contribution in [-0.4, -0.2) is 0 Å². The molecule has 0 fully saturated rings. The van der Waals surface area contributed by atoms with E-state index in [1.165, 1.54) is 99.1 Å². The molecule has 1 nitrogen and oxygen atoms in total. The molecule has 12 aromatic carbocycles. The van der Waals surface area contributed by atoms with Gasteiger partial charge in [-0.3, -0.25) is 0 Å². The number of rotatable bonds is 8. The van der Waals surface area contributed by atoms with Crippen LogP contribution in [0.1, 0.15) is 23.6 Å². The molecule has 1 unspecified atom stereocenters. The molecule has 1 aliphatic rings. The second kappa shape index (κ2) is 16.5. The van der Waals surface area contributed by atoms with Gasteiger partial charge in [-0.2, -0.15) is 0 Å². The molecule has 0 amide bonds. The summed E-state index contributed by atoms with van der Waals surface area (Å²) < 4.78 is 0. The highest BCUT2D eigenvalue weighted by molar-refractivity contribution is 6.22. The molecular weight excluding hydrogens is 831 g/mol. The first-order valence-corrected chi connectivity index (χ1v) is 24.0. The molecule has 0 bridgehead atoms. The molecule has 0 spiro atoms. The van der Waals surface area contributed by atoms with Crippen molar-refractivity contribution in [3.8, 4) is 55.6 Å². The molecule has 1 aliphatic carbocycles. The Bertz CT molecular complexity index is 3890. The summed E-state index contributed by atoms with van der Waals surface area (Å²) in [6.45, 7) is 2.40. The third-order valence-corrected chi connectivity index (χ3v) is 14.7. The quantitative estimate of drug-likeness (QED) is 0.138. The van der Waals surface area contributed by atoms with Crippen LogP contribution in [0.25, 0.3) is 88.0 Å². The van der Waals surface area contributed by atoms with Crippen molar-refractivity contribution in [1.82, 2.24) is 0 Å². The van der Waals surface area contributed by atoms with Gasteiger partial charge in [0.05, 0.1) is 0 Å². The molecule has 0 N–H and O–H groups in total. The van der Waals surface area contributed by atoms with E-state index in [4.69, 9.17) is 0 Å². The minimum Gasteiger partial charge on any atom is -0.310 e. The first kappa shape index (κ1) is 40.5. The topological polar surface area (TPSA) is 3.24 Å². The Labute approximate surface area is 403 Å². The number of nitrogens with zero attached hydrogens (tertiary/aromatic N) is 1. The second-order valence-corrected chi connectivity index (χ2v) is 18.5. The number of fused-ring (bicyclic) bond motifs is 7. The number of hydrogen-bond donors (Lipinski definition) is 0. The van der Waals surface area contributed by atoms with Gasteiger partial charge < -0.3 is 4.90 Å². The molecule has 0 aliphatic heterocycles. The van der Waals surface area contributed by atoms with Crippen molar-refractivity contribution in [2.45, 2.75) is 12.3 Å². The number of anilines is 3. The van der Waals surface area contributed by atoms with E-state index in [0.29, 0.717) is 0 Å². The van der Waals surface area contributed by atoms with Crippen LogP contribution < -0.4 is 4.90 Å². The van der Waals surface area contributed by atoms with Gasteiger partial charge in [-0.1, -0.05) is 224 Å². The van der Waals surface area contributed by atoms with Gasteiger partial charge in [0.1, 0.15) is 0 Å². The van der Waals surface area contributed by atoms with Crippen molar-refractivity contribution >= 4 is 49.4 Å². The van der Waals surface area contributed by atoms with Crippen molar-refractivity contribution < 1.29 is 0 Å². The average molecular weight is 878 g/mol. The molecule has 0 heterocycles. The predicted octanol–water partition coefficient (Wildman–Crippen LogP) is 18.6. The van der Waals surface area contributed by atoms with E-state index in [1.54, 1.807) is 0 Å². The van der Waals surface area contributed by atoms with E-state index in [2.05, 4.69) is 279 Å². The summed E-state index contributed by atoms with van der Waals surface area (Å²) in [6.07, 6.45) is 0. The minimum absolute atomic E-state index is 0.334. The summed E-state index contributed by atoms with van der Waals surface area (Å²) in [5.41, 5.74) is 19.2. The van der Waals surface area contributed by atoms with E-state index >= 15 is 0 Å². The molecule has 12 aromatic rings. The van der Waals surface area contributed by atoms with Gasteiger partial charge in [0, 0.05) is 22.5 Å². The second-order valence-electron chi connectivity index (χ2n) is 18.5. The van der Waals surface area contributed by atoms with Crippen molar-refractivity contribution in [3.05, 3.63) is 284 Å². The monoisotopic (exact) mass is 877 g/mol. The van der Waals surface area contributed by atoms with E-state index in [0.717, 1.165) is 22.6 Å². The smallest absolute Gasteiger partial charge is 0.0467 e. The summed E-state index contributed by atoms with van der Waals surface area (Å²) in [5.74, 6) is 0. The lowest BCUT2D eigenvalue weighted by molar-refractivity contribution is 0.714. The van der Waals surface area contributed by atoms with Crippen LogP contribution in [-0.2, 0) is 5.41 Å². The normalized spacial score (nSPS) is 13.9. The summed E-state index contributed by atoms with van der Waals surface area (Å²) in [7, 11) is 0. The van der Waals surface area contributed by atoms with Gasteiger partial charge in [0.25, 0.3) is 0 Å². The standard InChI is InChI=1S/C68H47N/c1-68(52-26-9-4-10-27-52)64-34-16-15-31-60(64)61-42-40-55(45-65(61)68)69(53-38-35-47(36-39-53)57-33-18-24-46-19-11-12-29-56(46)57)54-28-17-25-50(43-54)51-37-41-59-58-30-13-14-32-62(58)66(48-20-5-2-6-21-48)67(63(59)44-51)49-22-7-3-8-23-49/h2-45H,1H3. The number of hydrogen-bond acceptors (Lipinski definition) is 1. The van der Waals surface area contributed by atoms with Crippen LogP contribution >= 0.6 is 0 Å². The molecule has 0 saturated heterocycles. The Kier molecular flexibility index (Phi) is 9.70.